The van der Waals surface area contributed by atoms with E-state index in [1.54, 1.807) is 10.8 Å². The summed E-state index contributed by atoms with van der Waals surface area (Å²) in [5.74, 6) is 1.78. The second-order valence-corrected chi connectivity index (χ2v) is 5.64. The summed E-state index contributed by atoms with van der Waals surface area (Å²) in [5, 5.41) is 0. The predicted octanol–water partition coefficient (Wildman–Crippen LogP) is 2.43. The second-order valence-electron chi connectivity index (χ2n) is 4.35. The fourth-order valence-electron chi connectivity index (χ4n) is 1.49. The van der Waals surface area contributed by atoms with Crippen LogP contribution in [-0.2, 0) is 0 Å². The van der Waals surface area contributed by atoms with E-state index in [1.165, 1.54) is 19.5 Å². The molecule has 86 valence electrons. The van der Waals surface area contributed by atoms with Crippen LogP contribution in [0.3, 0.4) is 0 Å². The summed E-state index contributed by atoms with van der Waals surface area (Å²) < 4.78 is 0. The van der Waals surface area contributed by atoms with Crippen LogP contribution in [0.2, 0.25) is 0 Å². The average Bonchev–Trinajstić information content (AvgIpc) is 2.02. The molecular formula is C10H24N2S2. The van der Waals surface area contributed by atoms with Gasteiger partial charge in [0, 0.05) is 6.54 Å². The predicted molar refractivity (Wildman–Crippen MR) is 71.0 cm³/mol. The normalized spacial score (nSPS) is 12.0. The molecule has 0 aromatic heterocycles. The van der Waals surface area contributed by atoms with E-state index in [0.717, 1.165) is 18.3 Å². The Labute approximate surface area is 98.2 Å². The Morgan fingerprint density at radius 1 is 1.14 bits per heavy atom. The molecule has 0 fully saturated rings. The Hall–Kier alpha value is 0.620. The SMILES string of the molecule is CC(C)CN(C)CCCN(C)CSS. The number of rotatable bonds is 8. The van der Waals surface area contributed by atoms with Crippen LogP contribution in [-0.4, -0.2) is 49.4 Å². The van der Waals surface area contributed by atoms with Gasteiger partial charge in [-0.3, -0.25) is 4.90 Å². The van der Waals surface area contributed by atoms with Crippen molar-refractivity contribution >= 4 is 22.5 Å². The lowest BCUT2D eigenvalue weighted by Crippen LogP contribution is -2.27. The van der Waals surface area contributed by atoms with Gasteiger partial charge in [-0.05, 0) is 39.5 Å². The van der Waals surface area contributed by atoms with Gasteiger partial charge in [-0.2, -0.15) is 0 Å². The molecule has 0 N–H and O–H groups in total. The fourth-order valence-corrected chi connectivity index (χ4v) is 2.41. The minimum atomic E-state index is 0.769. The van der Waals surface area contributed by atoms with Crippen LogP contribution in [0.4, 0.5) is 0 Å². The number of thiol groups is 1. The maximum atomic E-state index is 4.13. The van der Waals surface area contributed by atoms with Crippen molar-refractivity contribution in [1.82, 2.24) is 9.80 Å². The molecule has 0 saturated heterocycles. The van der Waals surface area contributed by atoms with Crippen LogP contribution in [0.25, 0.3) is 0 Å². The van der Waals surface area contributed by atoms with E-state index in [4.69, 9.17) is 0 Å². The topological polar surface area (TPSA) is 6.48 Å². The molecule has 0 aromatic rings. The van der Waals surface area contributed by atoms with Gasteiger partial charge in [-0.1, -0.05) is 24.6 Å². The smallest absolute Gasteiger partial charge is 0.0543 e. The largest absolute Gasteiger partial charge is 0.306 e. The van der Waals surface area contributed by atoms with E-state index < -0.39 is 0 Å². The number of hydrogen-bond donors (Lipinski definition) is 1. The summed E-state index contributed by atoms with van der Waals surface area (Å²) in [4.78, 5) is 4.72. The first-order valence-corrected chi connectivity index (χ1v) is 7.23. The third-order valence-electron chi connectivity index (χ3n) is 2.03. The molecule has 0 rings (SSSR count). The van der Waals surface area contributed by atoms with Crippen molar-refractivity contribution in [2.45, 2.75) is 20.3 Å². The van der Waals surface area contributed by atoms with E-state index in [2.05, 4.69) is 49.4 Å². The van der Waals surface area contributed by atoms with Crippen LogP contribution < -0.4 is 0 Å². The molecule has 4 heteroatoms. The minimum Gasteiger partial charge on any atom is -0.306 e. The highest BCUT2D eigenvalue weighted by Gasteiger charge is 2.02. The van der Waals surface area contributed by atoms with Gasteiger partial charge < -0.3 is 4.90 Å². The van der Waals surface area contributed by atoms with Gasteiger partial charge in [0.15, 0.2) is 0 Å². The Bertz CT molecular complexity index is 131. The second kappa shape index (κ2) is 8.89. The quantitative estimate of drug-likeness (QED) is 0.393. The van der Waals surface area contributed by atoms with E-state index in [9.17, 15) is 0 Å². The maximum Gasteiger partial charge on any atom is 0.0543 e. The summed E-state index contributed by atoms with van der Waals surface area (Å²) >= 11 is 4.13. The molecule has 0 radical (unpaired) electrons. The molecule has 0 aromatic carbocycles. The molecule has 14 heavy (non-hydrogen) atoms. The maximum absolute atomic E-state index is 4.13. The Kier molecular flexibility index (Phi) is 9.28. The first kappa shape index (κ1) is 14.6. The molecular weight excluding hydrogens is 212 g/mol. The third-order valence-corrected chi connectivity index (χ3v) is 2.94. The molecule has 0 bridgehead atoms. The lowest BCUT2D eigenvalue weighted by atomic mass is 10.2. The summed E-state index contributed by atoms with van der Waals surface area (Å²) in [6.07, 6.45) is 1.24. The lowest BCUT2D eigenvalue weighted by Gasteiger charge is -2.20. The van der Waals surface area contributed by atoms with Gasteiger partial charge in [-0.15, -0.1) is 11.7 Å². The highest BCUT2D eigenvalue weighted by molar-refractivity contribution is 8.68. The summed E-state index contributed by atoms with van der Waals surface area (Å²) in [7, 11) is 5.93. The first-order valence-electron chi connectivity index (χ1n) is 5.19. The highest BCUT2D eigenvalue weighted by atomic mass is 33.1. The molecule has 0 aliphatic carbocycles. The summed E-state index contributed by atoms with van der Waals surface area (Å²) in [6, 6.07) is 0. The Morgan fingerprint density at radius 2 is 1.71 bits per heavy atom. The van der Waals surface area contributed by atoms with Crippen LogP contribution in [0.1, 0.15) is 20.3 Å². The third kappa shape index (κ3) is 9.19. The molecule has 0 spiro atoms. The van der Waals surface area contributed by atoms with Crippen LogP contribution in [0.5, 0.6) is 0 Å². The molecule has 0 aliphatic rings. The summed E-state index contributed by atoms with van der Waals surface area (Å²) in [6.45, 7) is 8.08. The minimum absolute atomic E-state index is 0.769. The average molecular weight is 236 g/mol. The van der Waals surface area contributed by atoms with Gasteiger partial charge in [0.05, 0.1) is 5.88 Å². The molecule has 0 heterocycles. The van der Waals surface area contributed by atoms with Crippen LogP contribution >= 0.6 is 22.5 Å². The standard InChI is InChI=1S/C10H24N2S2/c1-10(2)8-11(3)6-5-7-12(4)9-14-13/h10,13H,5-9H2,1-4H3. The zero-order valence-electron chi connectivity index (χ0n) is 9.86. The van der Waals surface area contributed by atoms with Crippen LogP contribution in [0, 0.1) is 5.92 Å². The van der Waals surface area contributed by atoms with Crippen molar-refractivity contribution in [3.63, 3.8) is 0 Å². The number of hydrogen-bond acceptors (Lipinski definition) is 4. The molecule has 0 atom stereocenters. The zero-order valence-corrected chi connectivity index (χ0v) is 11.6. The van der Waals surface area contributed by atoms with Crippen molar-refractivity contribution in [3.8, 4) is 0 Å². The van der Waals surface area contributed by atoms with Crippen LogP contribution in [0.15, 0.2) is 0 Å². The highest BCUT2D eigenvalue weighted by Crippen LogP contribution is 2.06. The molecule has 0 aliphatic heterocycles. The first-order chi connectivity index (χ1) is 6.56. The molecule has 2 nitrogen and oxygen atoms in total. The van der Waals surface area contributed by atoms with Crippen molar-refractivity contribution in [1.29, 1.82) is 0 Å². The van der Waals surface area contributed by atoms with Gasteiger partial charge in [0.25, 0.3) is 0 Å². The van der Waals surface area contributed by atoms with Crippen molar-refractivity contribution in [2.75, 3.05) is 39.6 Å². The van der Waals surface area contributed by atoms with Crippen molar-refractivity contribution in [2.24, 2.45) is 5.92 Å². The van der Waals surface area contributed by atoms with Gasteiger partial charge in [0.1, 0.15) is 0 Å². The molecule has 0 saturated carbocycles. The zero-order chi connectivity index (χ0) is 11.0. The molecule has 0 unspecified atom stereocenters. The van der Waals surface area contributed by atoms with E-state index in [0.29, 0.717) is 0 Å². The summed E-state index contributed by atoms with van der Waals surface area (Å²) in [5.41, 5.74) is 0. The van der Waals surface area contributed by atoms with Crippen molar-refractivity contribution < 1.29 is 0 Å². The lowest BCUT2D eigenvalue weighted by molar-refractivity contribution is 0.272. The Morgan fingerprint density at radius 3 is 2.21 bits per heavy atom. The van der Waals surface area contributed by atoms with Gasteiger partial charge in [-0.25, -0.2) is 0 Å². The van der Waals surface area contributed by atoms with Crippen molar-refractivity contribution in [3.05, 3.63) is 0 Å². The van der Waals surface area contributed by atoms with Gasteiger partial charge >= 0.3 is 0 Å². The van der Waals surface area contributed by atoms with E-state index >= 15 is 0 Å². The fraction of sp³-hybridized carbons (Fsp3) is 1.00. The molecule has 0 amide bonds. The van der Waals surface area contributed by atoms with E-state index in [1.807, 2.05) is 0 Å². The monoisotopic (exact) mass is 236 g/mol. The number of nitrogens with zero attached hydrogens (tertiary/aromatic N) is 2. The van der Waals surface area contributed by atoms with Gasteiger partial charge in [0.2, 0.25) is 0 Å². The van der Waals surface area contributed by atoms with E-state index in [-0.39, 0.29) is 0 Å². The Balaban J connectivity index is 3.34.